The molecule has 1 atom stereocenters. The third kappa shape index (κ3) is 3.82. The molecular weight excluding hydrogens is 432 g/mol. The topological polar surface area (TPSA) is 89.5 Å². The Hall–Kier alpha value is -4.14. The maximum Gasteiger partial charge on any atom is 0.269 e. The van der Waals surface area contributed by atoms with Crippen LogP contribution in [0, 0.1) is 21.7 Å². The molecule has 5 rings (SSSR count). The van der Waals surface area contributed by atoms with E-state index in [4.69, 9.17) is 4.42 Å². The number of benzene rings is 3. The molecule has 0 radical (unpaired) electrons. The lowest BCUT2D eigenvalue weighted by Gasteiger charge is -2.22. The van der Waals surface area contributed by atoms with E-state index >= 15 is 0 Å². The van der Waals surface area contributed by atoms with Crippen LogP contribution >= 0.6 is 0 Å². The fourth-order valence-corrected chi connectivity index (χ4v) is 4.14. The number of nitrogens with zero attached hydrogens (tertiary/aromatic N) is 3. The average Bonchev–Trinajstić information content (AvgIpc) is 3.45. The third-order valence-corrected chi connectivity index (χ3v) is 5.77. The molecule has 0 bridgehead atoms. The van der Waals surface area contributed by atoms with Gasteiger partial charge in [0, 0.05) is 35.9 Å². The second-order valence-corrected chi connectivity index (χ2v) is 7.82. The maximum absolute atomic E-state index is 14.2. The first kappa shape index (κ1) is 20.7. The molecule has 1 amide bonds. The van der Waals surface area contributed by atoms with E-state index in [0.717, 1.165) is 12.5 Å². The lowest BCUT2D eigenvalue weighted by Crippen LogP contribution is -2.30. The number of likely N-dealkylation sites (tertiary alicyclic amines) is 1. The average molecular weight is 449 g/mol. The summed E-state index contributed by atoms with van der Waals surface area (Å²) in [5.74, 6) is -1.22. The number of nitro benzene ring substituents is 1. The van der Waals surface area contributed by atoms with Gasteiger partial charge in [-0.25, -0.2) is 13.8 Å². The highest BCUT2D eigenvalue weighted by molar-refractivity contribution is 5.95. The highest BCUT2D eigenvalue weighted by Gasteiger charge is 2.34. The summed E-state index contributed by atoms with van der Waals surface area (Å²) >= 11 is 0. The summed E-state index contributed by atoms with van der Waals surface area (Å²) < 4.78 is 33.3. The Bertz CT molecular complexity index is 1380. The molecule has 0 N–H and O–H groups in total. The summed E-state index contributed by atoms with van der Waals surface area (Å²) in [6.07, 6.45) is 1.42. The van der Waals surface area contributed by atoms with Crippen molar-refractivity contribution in [2.75, 3.05) is 6.54 Å². The van der Waals surface area contributed by atoms with Crippen LogP contribution in [0.25, 0.3) is 22.2 Å². The monoisotopic (exact) mass is 449 g/mol. The zero-order valence-electron chi connectivity index (χ0n) is 17.2. The van der Waals surface area contributed by atoms with Gasteiger partial charge in [-0.2, -0.15) is 0 Å². The highest BCUT2D eigenvalue weighted by atomic mass is 19.1. The summed E-state index contributed by atoms with van der Waals surface area (Å²) in [6.45, 7) is 0.505. The Morgan fingerprint density at radius 3 is 2.61 bits per heavy atom. The normalized spacial score (nSPS) is 15.8. The molecule has 1 saturated heterocycles. The lowest BCUT2D eigenvalue weighted by molar-refractivity contribution is -0.384. The molecule has 2 heterocycles. The number of nitro groups is 1. The van der Waals surface area contributed by atoms with Crippen LogP contribution in [0.5, 0.6) is 0 Å². The summed E-state index contributed by atoms with van der Waals surface area (Å²) in [4.78, 5) is 29.6. The van der Waals surface area contributed by atoms with Gasteiger partial charge in [0.2, 0.25) is 5.89 Å². The summed E-state index contributed by atoms with van der Waals surface area (Å²) in [6, 6.07) is 13.5. The second kappa shape index (κ2) is 8.09. The standard InChI is InChI=1S/C24H17F2N3O4/c25-16-6-9-18(19(26)13-16)15-5-10-22-20(12-15)27-23(33-22)21-2-1-11-28(21)24(30)14-3-7-17(8-4-14)29(31)32/h3-10,12-13,21H,1-2,11H2. The van der Waals surface area contributed by atoms with E-state index in [-0.39, 0.29) is 23.2 Å². The van der Waals surface area contributed by atoms with E-state index < -0.39 is 16.6 Å². The van der Waals surface area contributed by atoms with Crippen LogP contribution in [0.1, 0.15) is 35.1 Å². The van der Waals surface area contributed by atoms with Crippen molar-refractivity contribution in [3.05, 3.63) is 93.9 Å². The SMILES string of the molecule is O=C(c1ccc([N+](=O)[O-])cc1)N1CCCC1c1nc2cc(-c3ccc(F)cc3F)ccc2o1. The zero-order valence-corrected chi connectivity index (χ0v) is 17.2. The number of fused-ring (bicyclic) bond motifs is 1. The fourth-order valence-electron chi connectivity index (χ4n) is 4.14. The molecule has 3 aromatic carbocycles. The van der Waals surface area contributed by atoms with Gasteiger partial charge in [-0.15, -0.1) is 0 Å². The number of amides is 1. The molecule has 0 saturated carbocycles. The van der Waals surface area contributed by atoms with Crippen molar-refractivity contribution in [3.63, 3.8) is 0 Å². The van der Waals surface area contributed by atoms with Crippen LogP contribution in [0.2, 0.25) is 0 Å². The largest absolute Gasteiger partial charge is 0.438 e. The van der Waals surface area contributed by atoms with Crippen molar-refractivity contribution in [2.45, 2.75) is 18.9 Å². The number of oxazole rings is 1. The van der Waals surface area contributed by atoms with Crippen LogP contribution in [0.15, 0.2) is 65.1 Å². The van der Waals surface area contributed by atoms with Crippen molar-refractivity contribution in [3.8, 4) is 11.1 Å². The van der Waals surface area contributed by atoms with Crippen LogP contribution in [0.4, 0.5) is 14.5 Å². The maximum atomic E-state index is 14.2. The lowest BCUT2D eigenvalue weighted by atomic mass is 10.0. The Kier molecular flexibility index (Phi) is 5.08. The number of carbonyl (C=O) groups is 1. The van der Waals surface area contributed by atoms with Crippen molar-refractivity contribution < 1.29 is 22.9 Å². The first-order valence-electron chi connectivity index (χ1n) is 10.3. The Morgan fingerprint density at radius 1 is 1.09 bits per heavy atom. The van der Waals surface area contributed by atoms with E-state index in [9.17, 15) is 23.7 Å². The number of hydrogen-bond donors (Lipinski definition) is 0. The molecule has 9 heteroatoms. The van der Waals surface area contributed by atoms with E-state index in [1.54, 1.807) is 23.1 Å². The minimum absolute atomic E-state index is 0.0862. The number of halogens is 2. The number of hydrogen-bond acceptors (Lipinski definition) is 5. The fraction of sp³-hybridized carbons (Fsp3) is 0.167. The van der Waals surface area contributed by atoms with Crippen molar-refractivity contribution in [2.24, 2.45) is 0 Å². The quantitative estimate of drug-likeness (QED) is 0.296. The van der Waals surface area contributed by atoms with Crippen LogP contribution in [-0.4, -0.2) is 27.3 Å². The molecule has 33 heavy (non-hydrogen) atoms. The summed E-state index contributed by atoms with van der Waals surface area (Å²) in [5, 5.41) is 10.9. The minimum Gasteiger partial charge on any atom is -0.438 e. The predicted octanol–water partition coefficient (Wildman–Crippen LogP) is 5.66. The van der Waals surface area contributed by atoms with E-state index in [0.29, 0.717) is 41.1 Å². The molecule has 1 fully saturated rings. The van der Waals surface area contributed by atoms with Crippen LogP contribution < -0.4 is 0 Å². The Balaban J connectivity index is 1.44. The number of non-ortho nitro benzene ring substituents is 1. The number of aromatic nitrogens is 1. The molecule has 166 valence electrons. The van der Waals surface area contributed by atoms with E-state index in [1.807, 2.05) is 0 Å². The Labute approximate surface area is 186 Å². The van der Waals surface area contributed by atoms with Gasteiger partial charge in [-0.1, -0.05) is 6.07 Å². The van der Waals surface area contributed by atoms with Crippen molar-refractivity contribution >= 4 is 22.7 Å². The van der Waals surface area contributed by atoms with E-state index in [2.05, 4.69) is 4.98 Å². The zero-order chi connectivity index (χ0) is 23.1. The molecule has 1 unspecified atom stereocenters. The second-order valence-electron chi connectivity index (χ2n) is 7.82. The molecule has 1 aliphatic heterocycles. The molecule has 7 nitrogen and oxygen atoms in total. The van der Waals surface area contributed by atoms with Gasteiger partial charge >= 0.3 is 0 Å². The van der Waals surface area contributed by atoms with Gasteiger partial charge in [0.15, 0.2) is 5.58 Å². The molecule has 4 aromatic rings. The molecule has 1 aromatic heterocycles. The van der Waals surface area contributed by atoms with Gasteiger partial charge in [-0.05, 0) is 54.8 Å². The minimum atomic E-state index is -0.672. The van der Waals surface area contributed by atoms with Gasteiger partial charge < -0.3 is 9.32 Å². The molecule has 0 aliphatic carbocycles. The van der Waals surface area contributed by atoms with Crippen LogP contribution in [-0.2, 0) is 0 Å². The number of carbonyl (C=O) groups excluding carboxylic acids is 1. The first-order chi connectivity index (χ1) is 15.9. The van der Waals surface area contributed by atoms with Gasteiger partial charge in [0.1, 0.15) is 23.2 Å². The van der Waals surface area contributed by atoms with E-state index in [1.165, 1.54) is 36.4 Å². The van der Waals surface area contributed by atoms with Gasteiger partial charge in [0.05, 0.1) is 4.92 Å². The molecule has 1 aliphatic rings. The predicted molar refractivity (Wildman–Crippen MR) is 115 cm³/mol. The Morgan fingerprint density at radius 2 is 1.88 bits per heavy atom. The summed E-state index contributed by atoms with van der Waals surface area (Å²) in [5.41, 5.74) is 2.03. The van der Waals surface area contributed by atoms with Gasteiger partial charge in [-0.3, -0.25) is 14.9 Å². The highest BCUT2D eigenvalue weighted by Crippen LogP contribution is 2.35. The van der Waals surface area contributed by atoms with Gasteiger partial charge in [0.25, 0.3) is 11.6 Å². The number of rotatable bonds is 4. The molecule has 0 spiro atoms. The first-order valence-corrected chi connectivity index (χ1v) is 10.3. The smallest absolute Gasteiger partial charge is 0.269 e. The molecular formula is C24H17F2N3O4. The van der Waals surface area contributed by atoms with Crippen molar-refractivity contribution in [1.29, 1.82) is 0 Å². The summed E-state index contributed by atoms with van der Waals surface area (Å²) in [7, 11) is 0. The third-order valence-electron chi connectivity index (χ3n) is 5.77. The van der Waals surface area contributed by atoms with Crippen molar-refractivity contribution in [1.82, 2.24) is 9.88 Å². The van der Waals surface area contributed by atoms with Crippen LogP contribution in [0.3, 0.4) is 0 Å².